The first-order valence-electron chi connectivity index (χ1n) is 6.69. The van der Waals surface area contributed by atoms with E-state index in [4.69, 9.17) is 0 Å². The molecule has 2 aromatic heterocycles. The Morgan fingerprint density at radius 1 is 1.33 bits per heavy atom. The Bertz CT molecular complexity index is 645. The van der Waals surface area contributed by atoms with E-state index in [-0.39, 0.29) is 11.4 Å². The molecule has 0 aliphatic carbocycles. The highest BCUT2D eigenvalue weighted by atomic mass is 19.1. The van der Waals surface area contributed by atoms with Gasteiger partial charge < -0.3 is 10.6 Å². The van der Waals surface area contributed by atoms with Gasteiger partial charge in [-0.05, 0) is 37.1 Å². The number of nitrogens with zero attached hydrogens (tertiary/aromatic N) is 2. The largest absolute Gasteiger partial charge is 0.368 e. The molecule has 110 valence electrons. The number of hydrogen-bond donors (Lipinski definition) is 2. The van der Waals surface area contributed by atoms with Gasteiger partial charge in [0.05, 0.1) is 5.56 Å². The number of amides is 1. The van der Waals surface area contributed by atoms with Crippen LogP contribution in [0.1, 0.15) is 28.4 Å². The van der Waals surface area contributed by atoms with Crippen LogP contribution in [0.2, 0.25) is 0 Å². The van der Waals surface area contributed by atoms with Crippen LogP contribution in [0.5, 0.6) is 0 Å². The monoisotopic (exact) mass is 288 g/mol. The van der Waals surface area contributed by atoms with Crippen molar-refractivity contribution in [2.75, 3.05) is 11.9 Å². The summed E-state index contributed by atoms with van der Waals surface area (Å²) in [5, 5.41) is 5.47. The maximum atomic E-state index is 14.1. The number of rotatable bonds is 5. The summed E-state index contributed by atoms with van der Waals surface area (Å²) in [7, 11) is 0. The summed E-state index contributed by atoms with van der Waals surface area (Å²) in [5.41, 5.74) is 1.89. The van der Waals surface area contributed by atoms with Crippen LogP contribution in [0.4, 0.5) is 10.2 Å². The van der Waals surface area contributed by atoms with E-state index in [1.807, 2.05) is 19.9 Å². The Labute approximate surface area is 122 Å². The maximum absolute atomic E-state index is 14.1. The van der Waals surface area contributed by atoms with Crippen molar-refractivity contribution in [3.8, 4) is 0 Å². The average Bonchev–Trinajstić information content (AvgIpc) is 2.48. The molecule has 0 unspecified atom stereocenters. The molecule has 0 aromatic carbocycles. The fraction of sp³-hybridized carbons (Fsp3) is 0.267. The standard InChI is InChI=1S/C15H17FN4O/c1-3-18-14-13(16)12(5-7-19-14)15(21)20-9-11-8-17-6-4-10(11)2/h4-8H,3,9H2,1-2H3,(H,18,19)(H,20,21). The van der Waals surface area contributed by atoms with Gasteiger partial charge in [0.2, 0.25) is 0 Å². The number of aromatic nitrogens is 2. The van der Waals surface area contributed by atoms with Gasteiger partial charge in [-0.25, -0.2) is 9.37 Å². The molecule has 0 atom stereocenters. The van der Waals surface area contributed by atoms with Gasteiger partial charge in [-0.3, -0.25) is 9.78 Å². The van der Waals surface area contributed by atoms with Crippen LogP contribution < -0.4 is 10.6 Å². The highest BCUT2D eigenvalue weighted by Crippen LogP contribution is 2.15. The highest BCUT2D eigenvalue weighted by Gasteiger charge is 2.15. The van der Waals surface area contributed by atoms with Crippen molar-refractivity contribution >= 4 is 11.7 Å². The number of aryl methyl sites for hydroxylation is 1. The van der Waals surface area contributed by atoms with Gasteiger partial charge in [0.15, 0.2) is 11.6 Å². The fourth-order valence-corrected chi connectivity index (χ4v) is 1.86. The molecule has 2 heterocycles. The Morgan fingerprint density at radius 2 is 2.14 bits per heavy atom. The molecule has 0 bridgehead atoms. The summed E-state index contributed by atoms with van der Waals surface area (Å²) in [6.07, 6.45) is 4.78. The first-order valence-corrected chi connectivity index (χ1v) is 6.69. The summed E-state index contributed by atoms with van der Waals surface area (Å²) < 4.78 is 14.1. The molecule has 0 aliphatic heterocycles. The minimum Gasteiger partial charge on any atom is -0.368 e. The Morgan fingerprint density at radius 3 is 2.86 bits per heavy atom. The second kappa shape index (κ2) is 6.78. The second-order valence-electron chi connectivity index (χ2n) is 4.54. The van der Waals surface area contributed by atoms with E-state index in [0.717, 1.165) is 11.1 Å². The highest BCUT2D eigenvalue weighted by molar-refractivity contribution is 5.95. The molecular formula is C15H17FN4O. The molecule has 0 spiro atoms. The van der Waals surface area contributed by atoms with Gasteiger partial charge in [0, 0.05) is 31.7 Å². The van der Waals surface area contributed by atoms with Gasteiger partial charge in [-0.2, -0.15) is 0 Å². The summed E-state index contributed by atoms with van der Waals surface area (Å²) in [6.45, 7) is 4.60. The van der Waals surface area contributed by atoms with Crippen LogP contribution in [0, 0.1) is 12.7 Å². The number of carbonyl (C=O) groups is 1. The topological polar surface area (TPSA) is 66.9 Å². The van der Waals surface area contributed by atoms with E-state index in [1.54, 1.807) is 12.4 Å². The van der Waals surface area contributed by atoms with Gasteiger partial charge >= 0.3 is 0 Å². The minimum atomic E-state index is -0.639. The molecule has 0 fully saturated rings. The molecule has 2 N–H and O–H groups in total. The van der Waals surface area contributed by atoms with Crippen molar-refractivity contribution in [3.63, 3.8) is 0 Å². The Hall–Kier alpha value is -2.50. The van der Waals surface area contributed by atoms with E-state index in [9.17, 15) is 9.18 Å². The summed E-state index contributed by atoms with van der Waals surface area (Å²) in [4.78, 5) is 20.0. The minimum absolute atomic E-state index is 0.0255. The molecule has 6 heteroatoms. The molecule has 0 radical (unpaired) electrons. The van der Waals surface area contributed by atoms with Crippen LogP contribution in [0.3, 0.4) is 0 Å². The lowest BCUT2D eigenvalue weighted by molar-refractivity contribution is 0.0946. The number of hydrogen-bond acceptors (Lipinski definition) is 4. The fourth-order valence-electron chi connectivity index (χ4n) is 1.86. The lowest BCUT2D eigenvalue weighted by Gasteiger charge is -2.10. The van der Waals surface area contributed by atoms with Crippen molar-refractivity contribution in [3.05, 3.63) is 53.2 Å². The Balaban J connectivity index is 2.11. The van der Waals surface area contributed by atoms with Crippen molar-refractivity contribution in [1.82, 2.24) is 15.3 Å². The third kappa shape index (κ3) is 3.53. The van der Waals surface area contributed by atoms with Gasteiger partial charge in [-0.15, -0.1) is 0 Å². The first kappa shape index (κ1) is 14.9. The van der Waals surface area contributed by atoms with E-state index >= 15 is 0 Å². The average molecular weight is 288 g/mol. The summed E-state index contributed by atoms with van der Waals surface area (Å²) >= 11 is 0. The zero-order valence-corrected chi connectivity index (χ0v) is 12.0. The molecule has 5 nitrogen and oxygen atoms in total. The molecule has 2 aromatic rings. The first-order chi connectivity index (χ1) is 10.1. The predicted octanol–water partition coefficient (Wildman–Crippen LogP) is 2.29. The molecular weight excluding hydrogens is 271 g/mol. The molecule has 2 rings (SSSR count). The van der Waals surface area contributed by atoms with Crippen LogP contribution in [-0.4, -0.2) is 22.4 Å². The van der Waals surface area contributed by atoms with Gasteiger partial charge in [0.25, 0.3) is 5.91 Å². The molecule has 0 saturated carbocycles. The normalized spacial score (nSPS) is 10.2. The van der Waals surface area contributed by atoms with Crippen LogP contribution in [0.25, 0.3) is 0 Å². The van der Waals surface area contributed by atoms with Crippen molar-refractivity contribution < 1.29 is 9.18 Å². The van der Waals surface area contributed by atoms with E-state index in [1.165, 1.54) is 12.3 Å². The van der Waals surface area contributed by atoms with Crippen LogP contribution >= 0.6 is 0 Å². The number of nitrogens with one attached hydrogen (secondary N) is 2. The smallest absolute Gasteiger partial charge is 0.254 e. The zero-order chi connectivity index (χ0) is 15.2. The van der Waals surface area contributed by atoms with Crippen molar-refractivity contribution in [1.29, 1.82) is 0 Å². The number of halogens is 1. The summed E-state index contributed by atoms with van der Waals surface area (Å²) in [5.74, 6) is -1.03. The Kier molecular flexibility index (Phi) is 4.81. The third-order valence-corrected chi connectivity index (χ3v) is 3.06. The number of anilines is 1. The molecule has 21 heavy (non-hydrogen) atoms. The van der Waals surface area contributed by atoms with E-state index < -0.39 is 11.7 Å². The van der Waals surface area contributed by atoms with Crippen LogP contribution in [-0.2, 0) is 6.54 Å². The van der Waals surface area contributed by atoms with Gasteiger partial charge in [-0.1, -0.05) is 0 Å². The summed E-state index contributed by atoms with van der Waals surface area (Å²) in [6, 6.07) is 3.22. The van der Waals surface area contributed by atoms with Crippen molar-refractivity contribution in [2.24, 2.45) is 0 Å². The molecule has 1 amide bonds. The maximum Gasteiger partial charge on any atom is 0.254 e. The number of pyridine rings is 2. The lowest BCUT2D eigenvalue weighted by atomic mass is 10.1. The molecule has 0 saturated heterocycles. The SMILES string of the molecule is CCNc1nccc(C(=O)NCc2cnccc2C)c1F. The van der Waals surface area contributed by atoms with Crippen molar-refractivity contribution in [2.45, 2.75) is 20.4 Å². The third-order valence-electron chi connectivity index (χ3n) is 3.06. The zero-order valence-electron chi connectivity index (χ0n) is 12.0. The quantitative estimate of drug-likeness (QED) is 0.886. The lowest BCUT2D eigenvalue weighted by Crippen LogP contribution is -2.25. The van der Waals surface area contributed by atoms with E-state index in [2.05, 4.69) is 20.6 Å². The van der Waals surface area contributed by atoms with Crippen LogP contribution in [0.15, 0.2) is 30.7 Å². The number of carbonyl (C=O) groups excluding carboxylic acids is 1. The van der Waals surface area contributed by atoms with Gasteiger partial charge in [0.1, 0.15) is 0 Å². The van der Waals surface area contributed by atoms with E-state index in [0.29, 0.717) is 13.1 Å². The second-order valence-corrected chi connectivity index (χ2v) is 4.54. The molecule has 0 aliphatic rings. The predicted molar refractivity (Wildman–Crippen MR) is 78.5 cm³/mol.